The molecule has 22 heavy (non-hydrogen) atoms. The van der Waals surface area contributed by atoms with Crippen LogP contribution < -0.4 is 22.0 Å². The van der Waals surface area contributed by atoms with Gasteiger partial charge >= 0.3 is 0 Å². The highest BCUT2D eigenvalue weighted by Gasteiger charge is 2.18. The van der Waals surface area contributed by atoms with Gasteiger partial charge in [-0.1, -0.05) is 23.8 Å². The van der Waals surface area contributed by atoms with Crippen molar-refractivity contribution in [2.75, 3.05) is 25.6 Å². The van der Waals surface area contributed by atoms with E-state index in [2.05, 4.69) is 15.7 Å². The second-order valence-corrected chi connectivity index (χ2v) is 4.89. The molecule has 1 aromatic carbocycles. The molecule has 1 amide bonds. The predicted molar refractivity (Wildman–Crippen MR) is 85.3 cm³/mol. The van der Waals surface area contributed by atoms with Crippen LogP contribution in [-0.4, -0.2) is 35.7 Å². The number of nitrogens with zero attached hydrogens (tertiary/aromatic N) is 2. The molecule has 1 heterocycles. The monoisotopic (exact) mass is 301 g/mol. The highest BCUT2D eigenvalue weighted by atomic mass is 16.2. The number of benzene rings is 1. The first-order valence-electron chi connectivity index (χ1n) is 6.91. The van der Waals surface area contributed by atoms with E-state index in [-0.39, 0.29) is 5.56 Å². The van der Waals surface area contributed by atoms with Gasteiger partial charge in [-0.05, 0) is 20.0 Å². The van der Waals surface area contributed by atoms with Crippen molar-refractivity contribution in [1.82, 2.24) is 15.0 Å². The molecule has 7 nitrogen and oxygen atoms in total. The Bertz CT molecular complexity index is 739. The fourth-order valence-corrected chi connectivity index (χ4v) is 2.10. The van der Waals surface area contributed by atoms with Crippen LogP contribution in [0, 0.1) is 6.92 Å². The van der Waals surface area contributed by atoms with E-state index in [1.807, 2.05) is 25.1 Å². The van der Waals surface area contributed by atoms with Crippen LogP contribution in [-0.2, 0) is 0 Å². The van der Waals surface area contributed by atoms with Gasteiger partial charge in [-0.2, -0.15) is 0 Å². The number of hydrogen-bond donors (Lipinski definition) is 3. The Kier molecular flexibility index (Phi) is 4.90. The lowest BCUT2D eigenvalue weighted by Gasteiger charge is -2.12. The van der Waals surface area contributed by atoms with Crippen LogP contribution in [0.15, 0.2) is 35.4 Å². The Balaban J connectivity index is 2.50. The second-order valence-electron chi connectivity index (χ2n) is 4.89. The quantitative estimate of drug-likeness (QED) is 0.656. The maximum Gasteiger partial charge on any atom is 0.285 e. The zero-order valence-corrected chi connectivity index (χ0v) is 12.6. The summed E-state index contributed by atoms with van der Waals surface area (Å²) < 4.78 is 1.18. The van der Waals surface area contributed by atoms with Crippen molar-refractivity contribution in [3.8, 4) is 11.3 Å². The first kappa shape index (κ1) is 15.7. The Morgan fingerprint density at radius 1 is 1.36 bits per heavy atom. The van der Waals surface area contributed by atoms with E-state index in [0.29, 0.717) is 24.3 Å². The van der Waals surface area contributed by atoms with Gasteiger partial charge in [0.05, 0.1) is 5.69 Å². The van der Waals surface area contributed by atoms with Gasteiger partial charge < -0.3 is 16.5 Å². The lowest BCUT2D eigenvalue weighted by Crippen LogP contribution is -2.37. The number of aromatic nitrogens is 2. The van der Waals surface area contributed by atoms with E-state index >= 15 is 0 Å². The molecular formula is C15H19N5O2. The summed E-state index contributed by atoms with van der Waals surface area (Å²) in [7, 11) is 1.80. The van der Waals surface area contributed by atoms with Crippen molar-refractivity contribution in [1.29, 1.82) is 0 Å². The molecule has 7 heteroatoms. The molecule has 1 aromatic heterocycles. The average Bonchev–Trinajstić information content (AvgIpc) is 2.48. The lowest BCUT2D eigenvalue weighted by atomic mass is 10.0. The molecular weight excluding hydrogens is 282 g/mol. The van der Waals surface area contributed by atoms with Gasteiger partial charge in [0.15, 0.2) is 0 Å². The summed E-state index contributed by atoms with van der Waals surface area (Å²) in [6, 6.07) is 7.41. The Morgan fingerprint density at radius 2 is 2.14 bits per heavy atom. The predicted octanol–water partition coefficient (Wildman–Crippen LogP) is 0.0805. The zero-order chi connectivity index (χ0) is 16.1. The Hall–Kier alpha value is -2.67. The summed E-state index contributed by atoms with van der Waals surface area (Å²) in [5, 5.41) is 2.95. The molecule has 0 atom stereocenters. The molecule has 0 unspecified atom stereocenters. The number of aryl methyl sites for hydroxylation is 1. The Labute approximate surface area is 128 Å². The highest BCUT2D eigenvalue weighted by molar-refractivity contribution is 5.98. The highest BCUT2D eigenvalue weighted by Crippen LogP contribution is 2.19. The summed E-state index contributed by atoms with van der Waals surface area (Å²) in [4.78, 5) is 28.4. The minimum absolute atomic E-state index is 0.120. The van der Waals surface area contributed by atoms with Crippen LogP contribution in [0.4, 0.5) is 0 Å². The third-order valence-electron chi connectivity index (χ3n) is 3.17. The number of nitrogens with one attached hydrogen (secondary N) is 2. The van der Waals surface area contributed by atoms with Gasteiger partial charge in [0.2, 0.25) is 0 Å². The molecule has 0 aliphatic rings. The van der Waals surface area contributed by atoms with Gasteiger partial charge in [-0.25, -0.2) is 9.66 Å². The minimum atomic E-state index is -0.793. The smallest absolute Gasteiger partial charge is 0.285 e. The number of amides is 1. The number of nitrogens with two attached hydrogens (primary N) is 1. The zero-order valence-electron chi connectivity index (χ0n) is 12.6. The van der Waals surface area contributed by atoms with Gasteiger partial charge in [0.1, 0.15) is 11.9 Å². The lowest BCUT2D eigenvalue weighted by molar-refractivity contribution is 0.0998. The standard InChI is InChI=1S/C15H19N5O2/c1-10-4-3-5-11(8-10)13-12(14(16)21)15(22)20(9-18-13)19-7-6-17-2/h3-5,8-9,17,19H,6-7H2,1-2H3,(H2,16,21). The van der Waals surface area contributed by atoms with Crippen LogP contribution in [0.25, 0.3) is 11.3 Å². The number of carbonyl (C=O) groups excluding carboxylic acids is 1. The first-order chi connectivity index (χ1) is 10.5. The van der Waals surface area contributed by atoms with Crippen molar-refractivity contribution in [2.24, 2.45) is 5.73 Å². The van der Waals surface area contributed by atoms with Crippen LogP contribution in [0.3, 0.4) is 0 Å². The molecule has 0 radical (unpaired) electrons. The number of hydrogen-bond acceptors (Lipinski definition) is 5. The third kappa shape index (κ3) is 3.32. The van der Waals surface area contributed by atoms with Crippen LogP contribution >= 0.6 is 0 Å². The van der Waals surface area contributed by atoms with E-state index in [1.54, 1.807) is 13.1 Å². The molecule has 0 saturated heterocycles. The molecule has 116 valence electrons. The van der Waals surface area contributed by atoms with Crippen molar-refractivity contribution >= 4 is 5.91 Å². The number of primary amides is 1. The van der Waals surface area contributed by atoms with E-state index in [0.717, 1.165) is 5.56 Å². The van der Waals surface area contributed by atoms with Crippen molar-refractivity contribution < 1.29 is 4.79 Å². The van der Waals surface area contributed by atoms with Crippen LogP contribution in [0.5, 0.6) is 0 Å². The number of rotatable bonds is 6. The molecule has 0 spiro atoms. The van der Waals surface area contributed by atoms with Gasteiger partial charge in [0.25, 0.3) is 11.5 Å². The molecule has 0 saturated carbocycles. The maximum absolute atomic E-state index is 12.4. The van der Waals surface area contributed by atoms with E-state index < -0.39 is 11.5 Å². The molecule has 0 aliphatic carbocycles. The summed E-state index contributed by atoms with van der Waals surface area (Å²) in [6.45, 7) is 3.10. The van der Waals surface area contributed by atoms with E-state index in [4.69, 9.17) is 5.73 Å². The second kappa shape index (κ2) is 6.86. The van der Waals surface area contributed by atoms with Crippen LogP contribution in [0.2, 0.25) is 0 Å². The number of likely N-dealkylation sites (N-methyl/N-ethyl adjacent to an activating group) is 1. The van der Waals surface area contributed by atoms with E-state index in [1.165, 1.54) is 11.0 Å². The molecule has 4 N–H and O–H groups in total. The van der Waals surface area contributed by atoms with Gasteiger partial charge in [-0.15, -0.1) is 0 Å². The summed E-state index contributed by atoms with van der Waals surface area (Å²) >= 11 is 0. The summed E-state index contributed by atoms with van der Waals surface area (Å²) in [5.74, 6) is -0.793. The van der Waals surface area contributed by atoms with Crippen LogP contribution in [0.1, 0.15) is 15.9 Å². The van der Waals surface area contributed by atoms with Crippen molar-refractivity contribution in [3.05, 3.63) is 52.1 Å². The topological polar surface area (TPSA) is 102 Å². The fraction of sp³-hybridized carbons (Fsp3) is 0.267. The largest absolute Gasteiger partial charge is 0.365 e. The van der Waals surface area contributed by atoms with E-state index in [9.17, 15) is 9.59 Å². The summed E-state index contributed by atoms with van der Waals surface area (Å²) in [6.07, 6.45) is 1.36. The average molecular weight is 301 g/mol. The third-order valence-corrected chi connectivity index (χ3v) is 3.17. The molecule has 0 bridgehead atoms. The normalized spacial score (nSPS) is 10.5. The van der Waals surface area contributed by atoms with Crippen molar-refractivity contribution in [2.45, 2.75) is 6.92 Å². The Morgan fingerprint density at radius 3 is 2.77 bits per heavy atom. The van der Waals surface area contributed by atoms with Gasteiger partial charge in [0, 0.05) is 18.7 Å². The molecule has 2 aromatic rings. The SMILES string of the molecule is CNCCNn1cnc(-c2cccc(C)c2)c(C(N)=O)c1=O. The van der Waals surface area contributed by atoms with Crippen molar-refractivity contribution in [3.63, 3.8) is 0 Å². The maximum atomic E-state index is 12.4. The first-order valence-corrected chi connectivity index (χ1v) is 6.91. The van der Waals surface area contributed by atoms with Gasteiger partial charge in [-0.3, -0.25) is 9.59 Å². The molecule has 0 fully saturated rings. The molecule has 2 rings (SSSR count). The number of carbonyl (C=O) groups is 1. The summed E-state index contributed by atoms with van der Waals surface area (Å²) in [5.41, 5.74) is 9.62. The molecule has 0 aliphatic heterocycles. The fourth-order valence-electron chi connectivity index (χ4n) is 2.10. The minimum Gasteiger partial charge on any atom is -0.365 e.